The number of ketones is 1. The number of aryl methyl sites for hydroxylation is 2. The second-order valence-corrected chi connectivity index (χ2v) is 7.68. The first kappa shape index (κ1) is 20.8. The lowest BCUT2D eigenvalue weighted by molar-refractivity contribution is -0.140. The average Bonchev–Trinajstić information content (AvgIpc) is 3.24. The minimum Gasteiger partial charge on any atom is -0.505 e. The Morgan fingerprint density at radius 3 is 2.55 bits per heavy atom. The van der Waals surface area contributed by atoms with E-state index in [4.69, 9.17) is 4.74 Å². The van der Waals surface area contributed by atoms with Gasteiger partial charge in [0.25, 0.3) is 11.7 Å². The number of aromatic nitrogens is 2. The Hall–Kier alpha value is -3.45. The van der Waals surface area contributed by atoms with Crippen LogP contribution in [-0.2, 0) is 14.3 Å². The van der Waals surface area contributed by atoms with Crippen LogP contribution < -0.4 is 0 Å². The first-order valence-electron chi connectivity index (χ1n) is 10.2. The number of Topliss-reactive ketones (excluding diaryl/α,β-unsaturated/α-hetero) is 1. The topological polar surface area (TPSA) is 84.1 Å². The molecule has 160 valence electrons. The average molecular weight is 419 g/mol. The van der Waals surface area contributed by atoms with Gasteiger partial charge in [-0.15, -0.1) is 0 Å². The minimum absolute atomic E-state index is 0.0674. The highest BCUT2D eigenvalue weighted by Gasteiger charge is 2.46. The van der Waals surface area contributed by atoms with Gasteiger partial charge in [0.15, 0.2) is 5.76 Å². The van der Waals surface area contributed by atoms with Crippen LogP contribution in [0, 0.1) is 13.8 Å². The Balaban J connectivity index is 1.89. The zero-order chi connectivity index (χ0) is 22.1. The van der Waals surface area contributed by atoms with E-state index in [2.05, 4.69) is 4.98 Å². The maximum Gasteiger partial charge on any atom is 0.295 e. The van der Waals surface area contributed by atoms with Gasteiger partial charge < -0.3 is 19.1 Å². The van der Waals surface area contributed by atoms with E-state index in [1.54, 1.807) is 7.11 Å². The number of pyridine rings is 1. The van der Waals surface area contributed by atoms with Crippen LogP contribution in [0.5, 0.6) is 0 Å². The van der Waals surface area contributed by atoms with Crippen LogP contribution in [0.4, 0.5) is 0 Å². The molecule has 7 nitrogen and oxygen atoms in total. The van der Waals surface area contributed by atoms with E-state index in [9.17, 15) is 14.7 Å². The summed E-state index contributed by atoms with van der Waals surface area (Å²) in [4.78, 5) is 32.1. The number of amides is 1. The van der Waals surface area contributed by atoms with E-state index < -0.39 is 17.7 Å². The molecule has 1 aromatic carbocycles. The highest BCUT2D eigenvalue weighted by Crippen LogP contribution is 2.39. The second-order valence-electron chi connectivity index (χ2n) is 7.68. The van der Waals surface area contributed by atoms with Crippen LogP contribution in [0.2, 0.25) is 0 Å². The summed E-state index contributed by atoms with van der Waals surface area (Å²) in [5, 5.41) is 11.3. The van der Waals surface area contributed by atoms with E-state index in [0.29, 0.717) is 36.6 Å². The van der Waals surface area contributed by atoms with E-state index in [0.717, 1.165) is 11.1 Å². The van der Waals surface area contributed by atoms with Crippen molar-refractivity contribution in [3.8, 4) is 0 Å². The monoisotopic (exact) mass is 419 g/mol. The van der Waals surface area contributed by atoms with E-state index in [1.807, 2.05) is 66.9 Å². The number of aliphatic hydroxyl groups is 1. The van der Waals surface area contributed by atoms with Crippen LogP contribution in [0.1, 0.15) is 35.0 Å². The molecule has 1 amide bonds. The first-order valence-corrected chi connectivity index (χ1v) is 10.2. The molecule has 1 N–H and O–H groups in total. The molecule has 0 saturated carbocycles. The number of fused-ring (bicyclic) bond motifs is 1. The summed E-state index contributed by atoms with van der Waals surface area (Å²) in [7, 11) is 1.59. The third-order valence-electron chi connectivity index (χ3n) is 5.71. The number of hydrogen-bond acceptors (Lipinski definition) is 5. The van der Waals surface area contributed by atoms with Gasteiger partial charge in [0, 0.05) is 26.5 Å². The lowest BCUT2D eigenvalue weighted by atomic mass is 9.96. The van der Waals surface area contributed by atoms with Gasteiger partial charge in [-0.25, -0.2) is 4.98 Å². The van der Waals surface area contributed by atoms with Gasteiger partial charge in [-0.05, 0) is 37.5 Å². The SMILES string of the molecule is COCCCN1C(=O)C(=O)C(=C(O)c2nc3c(C)cccn3c2C)C1c1ccccc1. The minimum atomic E-state index is -0.697. The van der Waals surface area contributed by atoms with Crippen LogP contribution in [0.3, 0.4) is 0 Å². The van der Waals surface area contributed by atoms with Crippen molar-refractivity contribution >= 4 is 23.1 Å². The lowest BCUT2D eigenvalue weighted by Gasteiger charge is -2.25. The number of aliphatic hydroxyl groups excluding tert-OH is 1. The zero-order valence-electron chi connectivity index (χ0n) is 17.8. The number of ether oxygens (including phenoxy) is 1. The van der Waals surface area contributed by atoms with Gasteiger partial charge in [0.2, 0.25) is 0 Å². The van der Waals surface area contributed by atoms with Crippen molar-refractivity contribution in [2.75, 3.05) is 20.3 Å². The van der Waals surface area contributed by atoms with Crippen LogP contribution in [0.25, 0.3) is 11.4 Å². The molecule has 1 saturated heterocycles. The molecule has 0 radical (unpaired) electrons. The highest BCUT2D eigenvalue weighted by molar-refractivity contribution is 6.46. The molecule has 1 fully saturated rings. The molecule has 31 heavy (non-hydrogen) atoms. The third kappa shape index (κ3) is 3.51. The number of hydrogen-bond donors (Lipinski definition) is 1. The molecule has 1 aliphatic heterocycles. The Labute approximate surface area is 180 Å². The summed E-state index contributed by atoms with van der Waals surface area (Å²) in [6, 6.07) is 12.4. The van der Waals surface area contributed by atoms with Gasteiger partial charge in [-0.2, -0.15) is 0 Å². The molecule has 0 spiro atoms. The molecule has 1 aliphatic rings. The number of methoxy groups -OCH3 is 1. The van der Waals surface area contributed by atoms with E-state index in [1.165, 1.54) is 4.90 Å². The van der Waals surface area contributed by atoms with Gasteiger partial charge >= 0.3 is 0 Å². The summed E-state index contributed by atoms with van der Waals surface area (Å²) in [5.74, 6) is -1.57. The molecule has 7 heteroatoms. The predicted octanol–water partition coefficient (Wildman–Crippen LogP) is 3.41. The number of rotatable bonds is 6. The quantitative estimate of drug-likeness (QED) is 0.287. The fourth-order valence-corrected chi connectivity index (χ4v) is 4.15. The zero-order valence-corrected chi connectivity index (χ0v) is 17.8. The third-order valence-corrected chi connectivity index (χ3v) is 5.71. The van der Waals surface area contributed by atoms with E-state index >= 15 is 0 Å². The van der Waals surface area contributed by atoms with Crippen molar-refractivity contribution in [1.82, 2.24) is 14.3 Å². The lowest BCUT2D eigenvalue weighted by Crippen LogP contribution is -2.31. The maximum atomic E-state index is 13.1. The summed E-state index contributed by atoms with van der Waals surface area (Å²) in [6.45, 7) is 4.58. The van der Waals surface area contributed by atoms with E-state index in [-0.39, 0.29) is 11.3 Å². The molecule has 3 heterocycles. The molecule has 0 bridgehead atoms. The van der Waals surface area contributed by atoms with Crippen molar-refractivity contribution < 1.29 is 19.4 Å². The molecule has 2 aromatic heterocycles. The Bertz CT molecular complexity index is 1180. The Morgan fingerprint density at radius 2 is 1.87 bits per heavy atom. The number of carbonyl (C=O) groups is 2. The summed E-state index contributed by atoms with van der Waals surface area (Å²) in [6.07, 6.45) is 2.44. The first-order chi connectivity index (χ1) is 15.0. The van der Waals surface area contributed by atoms with Crippen molar-refractivity contribution in [2.24, 2.45) is 0 Å². The highest BCUT2D eigenvalue weighted by atomic mass is 16.5. The maximum absolute atomic E-state index is 13.1. The van der Waals surface area contributed by atoms with Crippen LogP contribution in [0.15, 0.2) is 54.2 Å². The second kappa shape index (κ2) is 8.35. The van der Waals surface area contributed by atoms with Crippen molar-refractivity contribution in [3.63, 3.8) is 0 Å². The van der Waals surface area contributed by atoms with Crippen LogP contribution >= 0.6 is 0 Å². The smallest absolute Gasteiger partial charge is 0.295 e. The number of likely N-dealkylation sites (tertiary alicyclic amines) is 1. The molecular formula is C24H25N3O4. The summed E-state index contributed by atoms with van der Waals surface area (Å²) < 4.78 is 6.98. The summed E-state index contributed by atoms with van der Waals surface area (Å²) >= 11 is 0. The number of carbonyl (C=O) groups excluding carboxylic acids is 2. The largest absolute Gasteiger partial charge is 0.505 e. The van der Waals surface area contributed by atoms with Gasteiger partial charge in [0.05, 0.1) is 17.3 Å². The fourth-order valence-electron chi connectivity index (χ4n) is 4.15. The Kier molecular flexibility index (Phi) is 5.61. The van der Waals surface area contributed by atoms with Crippen molar-refractivity contribution in [2.45, 2.75) is 26.3 Å². The molecule has 0 aliphatic carbocycles. The Morgan fingerprint density at radius 1 is 1.13 bits per heavy atom. The predicted molar refractivity (Wildman–Crippen MR) is 117 cm³/mol. The van der Waals surface area contributed by atoms with Gasteiger partial charge in [-0.3, -0.25) is 9.59 Å². The van der Waals surface area contributed by atoms with Crippen LogP contribution in [-0.4, -0.2) is 51.3 Å². The number of benzene rings is 1. The van der Waals surface area contributed by atoms with Crippen molar-refractivity contribution in [3.05, 3.63) is 76.7 Å². The molecular weight excluding hydrogens is 394 g/mol. The molecule has 3 aromatic rings. The normalized spacial score (nSPS) is 18.3. The molecule has 1 unspecified atom stereocenters. The molecule has 1 atom stereocenters. The molecule has 4 rings (SSSR count). The number of nitrogens with zero attached hydrogens (tertiary/aromatic N) is 3. The number of imidazole rings is 1. The fraction of sp³-hybridized carbons (Fsp3) is 0.292. The van der Waals surface area contributed by atoms with Gasteiger partial charge in [-0.1, -0.05) is 36.4 Å². The summed E-state index contributed by atoms with van der Waals surface area (Å²) in [5.41, 5.74) is 3.49. The van der Waals surface area contributed by atoms with Gasteiger partial charge in [0.1, 0.15) is 11.3 Å². The van der Waals surface area contributed by atoms with Crippen molar-refractivity contribution in [1.29, 1.82) is 0 Å². The standard InChI is InChI=1S/C24H25N3O4/c1-15-9-7-12-26-16(2)19(25-23(15)26)21(28)18-20(17-10-5-4-6-11-17)27(13-8-14-31-3)24(30)22(18)29/h4-7,9-12,20,28H,8,13-14H2,1-3H3.